The molecule has 2 aromatic rings. The molecular weight excluding hydrogens is 350 g/mol. The van der Waals surface area contributed by atoms with E-state index in [4.69, 9.17) is 9.47 Å². The number of thiophene rings is 1. The van der Waals surface area contributed by atoms with Gasteiger partial charge < -0.3 is 14.8 Å². The van der Waals surface area contributed by atoms with Crippen molar-refractivity contribution in [2.75, 3.05) is 20.3 Å². The van der Waals surface area contributed by atoms with Crippen LogP contribution in [0.4, 0.5) is 4.79 Å². The third-order valence-corrected chi connectivity index (χ3v) is 6.56. The summed E-state index contributed by atoms with van der Waals surface area (Å²) in [5.41, 5.74) is 0. The second-order valence-corrected chi connectivity index (χ2v) is 7.94. The molecule has 1 amide bonds. The van der Waals surface area contributed by atoms with Gasteiger partial charge in [0.2, 0.25) is 0 Å². The molecule has 0 spiro atoms. The van der Waals surface area contributed by atoms with E-state index in [1.165, 1.54) is 30.6 Å². The number of carbonyl (C=O) groups is 1. The lowest BCUT2D eigenvalue weighted by Gasteiger charge is -2.17. The molecule has 1 atom stereocenters. The van der Waals surface area contributed by atoms with Crippen molar-refractivity contribution in [3.8, 4) is 5.75 Å². The number of methoxy groups -OCH3 is 1. The number of hydrogen-bond donors (Lipinski definition) is 1. The lowest BCUT2D eigenvalue weighted by Crippen LogP contribution is -2.32. The zero-order chi connectivity index (χ0) is 17.6. The van der Waals surface area contributed by atoms with Crippen LogP contribution in [0.1, 0.15) is 17.1 Å². The van der Waals surface area contributed by atoms with E-state index >= 15 is 0 Å². The Morgan fingerprint density at radius 3 is 2.50 bits per heavy atom. The molecule has 1 unspecified atom stereocenters. The lowest BCUT2D eigenvalue weighted by molar-refractivity contribution is 0.152. The van der Waals surface area contributed by atoms with Crippen molar-refractivity contribution in [2.24, 2.45) is 0 Å². The second kappa shape index (κ2) is 8.16. The molecule has 1 heterocycles. The van der Waals surface area contributed by atoms with Gasteiger partial charge in [0.25, 0.3) is 0 Å². The molecular formula is C16H19NO5S2. The number of rotatable bonds is 7. The van der Waals surface area contributed by atoms with Crippen molar-refractivity contribution >= 4 is 27.3 Å². The maximum absolute atomic E-state index is 13.0. The summed E-state index contributed by atoms with van der Waals surface area (Å²) in [4.78, 5) is 12.4. The van der Waals surface area contributed by atoms with E-state index in [0.717, 1.165) is 0 Å². The summed E-state index contributed by atoms with van der Waals surface area (Å²) >= 11 is 1.33. The quantitative estimate of drug-likeness (QED) is 0.811. The van der Waals surface area contributed by atoms with Crippen molar-refractivity contribution < 1.29 is 22.7 Å². The molecule has 0 saturated heterocycles. The highest BCUT2D eigenvalue weighted by Crippen LogP contribution is 2.32. The van der Waals surface area contributed by atoms with Crippen LogP contribution >= 0.6 is 11.3 Å². The average Bonchev–Trinajstić information content (AvgIpc) is 3.09. The van der Waals surface area contributed by atoms with E-state index in [1.54, 1.807) is 36.6 Å². The third-order valence-electron chi connectivity index (χ3n) is 3.33. The van der Waals surface area contributed by atoms with E-state index in [0.29, 0.717) is 10.6 Å². The number of carbonyl (C=O) groups excluding carboxylic acids is 1. The van der Waals surface area contributed by atoms with Crippen molar-refractivity contribution in [3.05, 3.63) is 46.7 Å². The van der Waals surface area contributed by atoms with Crippen LogP contribution in [0.5, 0.6) is 5.75 Å². The summed E-state index contributed by atoms with van der Waals surface area (Å²) in [6.45, 7) is 1.85. The van der Waals surface area contributed by atoms with E-state index in [9.17, 15) is 13.2 Å². The Balaban J connectivity index is 2.29. The van der Waals surface area contributed by atoms with Crippen LogP contribution in [0.25, 0.3) is 0 Å². The van der Waals surface area contributed by atoms with Crippen LogP contribution in [-0.2, 0) is 14.6 Å². The number of amides is 1. The minimum Gasteiger partial charge on any atom is -0.497 e. The van der Waals surface area contributed by atoms with Crippen molar-refractivity contribution in [1.29, 1.82) is 0 Å². The van der Waals surface area contributed by atoms with Crippen molar-refractivity contribution in [2.45, 2.75) is 17.1 Å². The Morgan fingerprint density at radius 1 is 1.25 bits per heavy atom. The van der Waals surface area contributed by atoms with Gasteiger partial charge in [-0.1, -0.05) is 6.07 Å². The predicted octanol–water partition coefficient (Wildman–Crippen LogP) is 3.02. The van der Waals surface area contributed by atoms with Gasteiger partial charge in [0.15, 0.2) is 9.84 Å². The predicted molar refractivity (Wildman–Crippen MR) is 92.3 cm³/mol. The maximum atomic E-state index is 13.0. The average molecular weight is 369 g/mol. The zero-order valence-electron chi connectivity index (χ0n) is 13.4. The van der Waals surface area contributed by atoms with Crippen LogP contribution in [0.3, 0.4) is 0 Å². The number of hydrogen-bond acceptors (Lipinski definition) is 6. The van der Waals surface area contributed by atoms with Gasteiger partial charge in [0.1, 0.15) is 11.0 Å². The van der Waals surface area contributed by atoms with Crippen molar-refractivity contribution in [3.63, 3.8) is 0 Å². The fourth-order valence-corrected chi connectivity index (χ4v) is 4.91. The van der Waals surface area contributed by atoms with E-state index in [-0.39, 0.29) is 18.0 Å². The van der Waals surface area contributed by atoms with Gasteiger partial charge in [-0.15, -0.1) is 11.3 Å². The van der Waals surface area contributed by atoms with Crippen LogP contribution < -0.4 is 10.1 Å². The summed E-state index contributed by atoms with van der Waals surface area (Å²) in [6, 6.07) is 9.71. The molecule has 8 heteroatoms. The minimum absolute atomic E-state index is 0.0618. The molecule has 24 heavy (non-hydrogen) atoms. The zero-order valence-corrected chi connectivity index (χ0v) is 15.0. The largest absolute Gasteiger partial charge is 0.497 e. The summed E-state index contributed by atoms with van der Waals surface area (Å²) in [5.74, 6) is 0.575. The van der Waals surface area contributed by atoms with Gasteiger partial charge in [-0.25, -0.2) is 13.2 Å². The molecule has 0 aliphatic heterocycles. The third kappa shape index (κ3) is 4.27. The molecule has 0 aliphatic carbocycles. The first-order valence-electron chi connectivity index (χ1n) is 7.31. The Hall–Kier alpha value is -2.06. The Kier molecular flexibility index (Phi) is 6.22. The summed E-state index contributed by atoms with van der Waals surface area (Å²) < 4.78 is 35.8. The Bertz CT molecular complexity index is 754. The van der Waals surface area contributed by atoms with Crippen molar-refractivity contribution in [1.82, 2.24) is 5.32 Å². The first kappa shape index (κ1) is 18.3. The maximum Gasteiger partial charge on any atom is 0.407 e. The highest BCUT2D eigenvalue weighted by Gasteiger charge is 2.30. The molecule has 2 rings (SSSR count). The van der Waals surface area contributed by atoms with Gasteiger partial charge >= 0.3 is 6.09 Å². The van der Waals surface area contributed by atoms with Gasteiger partial charge in [-0.3, -0.25) is 0 Å². The number of ether oxygens (including phenoxy) is 2. The van der Waals surface area contributed by atoms with E-state index < -0.39 is 21.2 Å². The smallest absolute Gasteiger partial charge is 0.407 e. The fraction of sp³-hybridized carbons (Fsp3) is 0.312. The van der Waals surface area contributed by atoms with E-state index in [1.807, 2.05) is 0 Å². The van der Waals surface area contributed by atoms with Crippen LogP contribution in [0.15, 0.2) is 46.7 Å². The molecule has 0 fully saturated rings. The van der Waals surface area contributed by atoms with Gasteiger partial charge in [0, 0.05) is 11.4 Å². The summed E-state index contributed by atoms with van der Waals surface area (Å²) in [5, 5.41) is 3.43. The molecule has 0 aliphatic rings. The molecule has 0 radical (unpaired) electrons. The normalized spacial score (nSPS) is 12.4. The lowest BCUT2D eigenvalue weighted by atomic mass is 10.3. The summed E-state index contributed by atoms with van der Waals surface area (Å²) in [7, 11) is -2.16. The van der Waals surface area contributed by atoms with Crippen LogP contribution in [0.2, 0.25) is 0 Å². The molecule has 0 bridgehead atoms. The molecule has 130 valence electrons. The SMILES string of the molecule is CCOC(=O)NCC(c1cccs1)S(=O)(=O)c1ccc(OC)cc1. The first-order chi connectivity index (χ1) is 11.5. The Labute approximate surface area is 145 Å². The number of sulfone groups is 1. The van der Waals surface area contributed by atoms with Crippen LogP contribution in [-0.4, -0.2) is 34.8 Å². The second-order valence-electron chi connectivity index (χ2n) is 4.83. The van der Waals surface area contributed by atoms with Gasteiger partial charge in [-0.2, -0.15) is 0 Å². The fourth-order valence-electron chi connectivity index (χ4n) is 2.13. The number of nitrogens with one attached hydrogen (secondary N) is 1. The molecule has 1 aromatic heterocycles. The van der Waals surface area contributed by atoms with Gasteiger partial charge in [-0.05, 0) is 42.6 Å². The highest BCUT2D eigenvalue weighted by molar-refractivity contribution is 7.91. The first-order valence-corrected chi connectivity index (χ1v) is 9.73. The minimum atomic E-state index is -3.68. The molecule has 0 saturated carbocycles. The monoisotopic (exact) mass is 369 g/mol. The van der Waals surface area contributed by atoms with Crippen LogP contribution in [0, 0.1) is 0 Å². The number of benzene rings is 1. The molecule has 1 aromatic carbocycles. The highest BCUT2D eigenvalue weighted by atomic mass is 32.2. The molecule has 1 N–H and O–H groups in total. The van der Waals surface area contributed by atoms with E-state index in [2.05, 4.69) is 5.32 Å². The molecule has 6 nitrogen and oxygen atoms in total. The Morgan fingerprint density at radius 2 is 1.96 bits per heavy atom. The van der Waals surface area contributed by atoms with Gasteiger partial charge in [0.05, 0.1) is 18.6 Å². The summed E-state index contributed by atoms with van der Waals surface area (Å²) in [6.07, 6.45) is -0.635. The standard InChI is InChI=1S/C16H19NO5S2/c1-3-22-16(18)17-11-15(14-5-4-10-23-14)24(19,20)13-8-6-12(21-2)7-9-13/h4-10,15H,3,11H2,1-2H3,(H,17,18). The topological polar surface area (TPSA) is 81.7 Å². The number of alkyl carbamates (subject to hydrolysis) is 1.